The summed E-state index contributed by atoms with van der Waals surface area (Å²) in [7, 11) is 0. The summed E-state index contributed by atoms with van der Waals surface area (Å²) in [4.78, 5) is 34.7. The molecule has 1 aromatic carbocycles. The minimum absolute atomic E-state index is 0.0154. The van der Waals surface area contributed by atoms with Crippen LogP contribution in [0.15, 0.2) is 43.0 Å². The standard InChI is InChI=1S/C17H23N3O4/c1-2-12-24-17(23)20-14(8-9-15(18)21)16(22)19-11-10-13-6-4-3-5-7-13/h2-7,14H,1,8-12H2,(H2,18,21)(H,19,22)(H,20,23)/t14-/m0/s1. The van der Waals surface area contributed by atoms with Gasteiger partial charge in [-0.15, -0.1) is 0 Å². The van der Waals surface area contributed by atoms with Gasteiger partial charge in [0.1, 0.15) is 12.6 Å². The Labute approximate surface area is 141 Å². The van der Waals surface area contributed by atoms with Gasteiger partial charge in [0.15, 0.2) is 0 Å². The number of carbonyl (C=O) groups excluding carboxylic acids is 3. The first-order valence-corrected chi connectivity index (χ1v) is 7.67. The molecular weight excluding hydrogens is 310 g/mol. The van der Waals surface area contributed by atoms with Crippen LogP contribution in [-0.2, 0) is 20.7 Å². The van der Waals surface area contributed by atoms with Gasteiger partial charge in [-0.2, -0.15) is 0 Å². The number of primary amides is 1. The second-order valence-electron chi connectivity index (χ2n) is 5.12. The van der Waals surface area contributed by atoms with Crippen LogP contribution in [0.4, 0.5) is 4.79 Å². The lowest BCUT2D eigenvalue weighted by Crippen LogP contribution is -2.47. The summed E-state index contributed by atoms with van der Waals surface area (Å²) < 4.78 is 4.79. The van der Waals surface area contributed by atoms with Gasteiger partial charge in [-0.25, -0.2) is 4.79 Å². The van der Waals surface area contributed by atoms with E-state index in [9.17, 15) is 14.4 Å². The first kappa shape index (κ1) is 19.2. The quantitative estimate of drug-likeness (QED) is 0.552. The van der Waals surface area contributed by atoms with Crippen molar-refractivity contribution in [1.82, 2.24) is 10.6 Å². The molecule has 0 heterocycles. The number of nitrogens with two attached hydrogens (primary N) is 1. The van der Waals surface area contributed by atoms with Crippen molar-refractivity contribution in [3.8, 4) is 0 Å². The van der Waals surface area contributed by atoms with Crippen molar-refractivity contribution in [2.75, 3.05) is 13.2 Å². The molecule has 7 heteroatoms. The van der Waals surface area contributed by atoms with Crippen molar-refractivity contribution in [2.45, 2.75) is 25.3 Å². The summed E-state index contributed by atoms with van der Waals surface area (Å²) in [5.41, 5.74) is 6.19. The molecule has 0 radical (unpaired) electrons. The van der Waals surface area contributed by atoms with Crippen LogP contribution in [0.2, 0.25) is 0 Å². The van der Waals surface area contributed by atoms with E-state index in [2.05, 4.69) is 17.2 Å². The highest BCUT2D eigenvalue weighted by Crippen LogP contribution is 2.01. The molecular formula is C17H23N3O4. The van der Waals surface area contributed by atoms with E-state index in [4.69, 9.17) is 10.5 Å². The number of rotatable bonds is 10. The maximum Gasteiger partial charge on any atom is 0.408 e. The van der Waals surface area contributed by atoms with Gasteiger partial charge in [-0.3, -0.25) is 9.59 Å². The minimum atomic E-state index is -0.884. The summed E-state index contributed by atoms with van der Waals surface area (Å²) in [6.07, 6.45) is 1.42. The zero-order chi connectivity index (χ0) is 17.8. The van der Waals surface area contributed by atoms with Gasteiger partial charge in [0.25, 0.3) is 0 Å². The van der Waals surface area contributed by atoms with Crippen LogP contribution in [0.25, 0.3) is 0 Å². The summed E-state index contributed by atoms with van der Waals surface area (Å²) in [5, 5.41) is 5.16. The number of benzene rings is 1. The van der Waals surface area contributed by atoms with Gasteiger partial charge in [-0.05, 0) is 18.4 Å². The number of ether oxygens (including phenoxy) is 1. The van der Waals surface area contributed by atoms with Crippen molar-refractivity contribution in [3.05, 3.63) is 48.6 Å². The molecule has 0 saturated carbocycles. The minimum Gasteiger partial charge on any atom is -0.445 e. The maximum absolute atomic E-state index is 12.2. The van der Waals surface area contributed by atoms with Crippen LogP contribution in [0.5, 0.6) is 0 Å². The van der Waals surface area contributed by atoms with Gasteiger partial charge in [-0.1, -0.05) is 43.0 Å². The smallest absolute Gasteiger partial charge is 0.408 e. The van der Waals surface area contributed by atoms with Crippen LogP contribution in [0, 0.1) is 0 Å². The van der Waals surface area contributed by atoms with Gasteiger partial charge >= 0.3 is 6.09 Å². The first-order valence-electron chi connectivity index (χ1n) is 7.67. The fourth-order valence-corrected chi connectivity index (χ4v) is 1.97. The normalized spacial score (nSPS) is 11.2. The number of alkyl carbamates (subject to hydrolysis) is 1. The van der Waals surface area contributed by atoms with E-state index >= 15 is 0 Å². The Morgan fingerprint density at radius 3 is 2.58 bits per heavy atom. The van der Waals surface area contributed by atoms with Crippen LogP contribution >= 0.6 is 0 Å². The van der Waals surface area contributed by atoms with Crippen LogP contribution < -0.4 is 16.4 Å². The van der Waals surface area contributed by atoms with Crippen molar-refractivity contribution >= 4 is 17.9 Å². The van der Waals surface area contributed by atoms with E-state index in [1.54, 1.807) is 0 Å². The Kier molecular flexibility index (Phi) is 8.67. The molecule has 0 spiro atoms. The molecule has 0 saturated heterocycles. The van der Waals surface area contributed by atoms with Gasteiger partial charge in [0.2, 0.25) is 11.8 Å². The number of carbonyl (C=O) groups is 3. The highest BCUT2D eigenvalue weighted by atomic mass is 16.5. The Balaban J connectivity index is 2.50. The highest BCUT2D eigenvalue weighted by molar-refractivity contribution is 5.86. The zero-order valence-corrected chi connectivity index (χ0v) is 13.5. The molecule has 0 fully saturated rings. The van der Waals surface area contributed by atoms with E-state index in [-0.39, 0.29) is 25.4 Å². The molecule has 0 aromatic heterocycles. The third-order valence-corrected chi connectivity index (χ3v) is 3.18. The molecule has 24 heavy (non-hydrogen) atoms. The van der Waals surface area contributed by atoms with E-state index in [0.717, 1.165) is 5.56 Å². The molecule has 1 atom stereocenters. The molecule has 3 amide bonds. The van der Waals surface area contributed by atoms with Crippen LogP contribution in [0.1, 0.15) is 18.4 Å². The second-order valence-corrected chi connectivity index (χ2v) is 5.12. The predicted molar refractivity (Wildman–Crippen MR) is 90.1 cm³/mol. The Bertz CT molecular complexity index is 560. The molecule has 0 unspecified atom stereocenters. The van der Waals surface area contributed by atoms with Crippen molar-refractivity contribution in [1.29, 1.82) is 0 Å². The number of amides is 3. The summed E-state index contributed by atoms with van der Waals surface area (Å²) in [6.45, 7) is 3.88. The molecule has 4 N–H and O–H groups in total. The third kappa shape index (κ3) is 7.98. The monoisotopic (exact) mass is 333 g/mol. The van der Waals surface area contributed by atoms with E-state index in [0.29, 0.717) is 13.0 Å². The number of hydrogen-bond donors (Lipinski definition) is 3. The van der Waals surface area contributed by atoms with Crippen molar-refractivity contribution in [3.63, 3.8) is 0 Å². The molecule has 0 aliphatic rings. The Hall–Kier alpha value is -2.83. The average molecular weight is 333 g/mol. The topological polar surface area (TPSA) is 111 Å². The first-order chi connectivity index (χ1) is 11.5. The number of hydrogen-bond acceptors (Lipinski definition) is 4. The lowest BCUT2D eigenvalue weighted by Gasteiger charge is -2.17. The van der Waals surface area contributed by atoms with E-state index < -0.39 is 18.0 Å². The number of nitrogens with one attached hydrogen (secondary N) is 2. The van der Waals surface area contributed by atoms with Crippen LogP contribution in [-0.4, -0.2) is 37.1 Å². The maximum atomic E-state index is 12.2. The van der Waals surface area contributed by atoms with Crippen molar-refractivity contribution < 1.29 is 19.1 Å². The second kappa shape index (κ2) is 10.8. The molecule has 1 rings (SSSR count). The molecule has 7 nitrogen and oxygen atoms in total. The lowest BCUT2D eigenvalue weighted by molar-refractivity contribution is -0.123. The average Bonchev–Trinajstić information content (AvgIpc) is 2.57. The summed E-state index contributed by atoms with van der Waals surface area (Å²) in [5.74, 6) is -0.930. The van der Waals surface area contributed by atoms with Gasteiger partial charge in [0.05, 0.1) is 0 Å². The molecule has 0 aliphatic heterocycles. The largest absolute Gasteiger partial charge is 0.445 e. The van der Waals surface area contributed by atoms with Gasteiger partial charge < -0.3 is 21.1 Å². The lowest BCUT2D eigenvalue weighted by atomic mass is 10.1. The predicted octanol–water partition coefficient (Wildman–Crippen LogP) is 0.892. The molecule has 1 aromatic rings. The van der Waals surface area contributed by atoms with E-state index in [1.165, 1.54) is 6.08 Å². The van der Waals surface area contributed by atoms with E-state index in [1.807, 2.05) is 30.3 Å². The fraction of sp³-hybridized carbons (Fsp3) is 0.353. The third-order valence-electron chi connectivity index (χ3n) is 3.18. The molecule has 130 valence electrons. The molecule has 0 bridgehead atoms. The fourth-order valence-electron chi connectivity index (χ4n) is 1.97. The van der Waals surface area contributed by atoms with Crippen molar-refractivity contribution in [2.24, 2.45) is 5.73 Å². The van der Waals surface area contributed by atoms with Crippen LogP contribution in [0.3, 0.4) is 0 Å². The SMILES string of the molecule is C=CCOC(=O)N[C@@H](CCC(N)=O)C(=O)NCCc1ccccc1. The Morgan fingerprint density at radius 2 is 1.96 bits per heavy atom. The summed E-state index contributed by atoms with van der Waals surface area (Å²) in [6, 6.07) is 8.79. The summed E-state index contributed by atoms with van der Waals surface area (Å²) >= 11 is 0. The molecule has 0 aliphatic carbocycles. The highest BCUT2D eigenvalue weighted by Gasteiger charge is 2.21. The Morgan fingerprint density at radius 1 is 1.25 bits per heavy atom. The zero-order valence-electron chi connectivity index (χ0n) is 13.5. The van der Waals surface area contributed by atoms with Gasteiger partial charge in [0, 0.05) is 13.0 Å².